The van der Waals surface area contributed by atoms with Crippen LogP contribution in [0.4, 0.5) is 5.69 Å². The molecular formula is C24H30ClN3O3. The molecule has 0 unspecified atom stereocenters. The van der Waals surface area contributed by atoms with E-state index in [2.05, 4.69) is 21.6 Å². The van der Waals surface area contributed by atoms with E-state index in [1.165, 1.54) is 0 Å². The highest BCUT2D eigenvalue weighted by Gasteiger charge is 2.31. The molecule has 7 heteroatoms. The van der Waals surface area contributed by atoms with Crippen molar-refractivity contribution in [2.45, 2.75) is 19.0 Å². The monoisotopic (exact) mass is 443 g/mol. The van der Waals surface area contributed by atoms with E-state index in [-0.39, 0.29) is 5.91 Å². The van der Waals surface area contributed by atoms with Crippen LogP contribution in [0.15, 0.2) is 48.5 Å². The molecule has 2 aromatic rings. The van der Waals surface area contributed by atoms with Crippen molar-refractivity contribution in [2.24, 2.45) is 5.92 Å². The van der Waals surface area contributed by atoms with Crippen LogP contribution in [0.25, 0.3) is 0 Å². The molecule has 166 valence electrons. The fourth-order valence-electron chi connectivity index (χ4n) is 4.33. The lowest BCUT2D eigenvalue weighted by Gasteiger charge is -2.37. The summed E-state index contributed by atoms with van der Waals surface area (Å²) in [5, 5.41) is 7.02. The molecule has 0 radical (unpaired) electrons. The Bertz CT molecular complexity index is 867. The summed E-state index contributed by atoms with van der Waals surface area (Å²) in [6, 6.07) is 15.4. The molecule has 0 aliphatic carbocycles. The number of nitrogens with one attached hydrogen (secondary N) is 2. The summed E-state index contributed by atoms with van der Waals surface area (Å²) in [6.45, 7) is 6.91. The third-order valence-corrected chi connectivity index (χ3v) is 6.34. The largest absolute Gasteiger partial charge is 0.381 e. The fraction of sp³-hybridized carbons (Fsp3) is 0.458. The predicted molar refractivity (Wildman–Crippen MR) is 123 cm³/mol. The van der Waals surface area contributed by atoms with Gasteiger partial charge in [-0.3, -0.25) is 9.69 Å². The first-order valence-corrected chi connectivity index (χ1v) is 11.3. The van der Waals surface area contributed by atoms with E-state index in [4.69, 9.17) is 21.1 Å². The zero-order valence-electron chi connectivity index (χ0n) is 17.7. The molecule has 6 nitrogen and oxygen atoms in total. The first-order valence-electron chi connectivity index (χ1n) is 11.0. The van der Waals surface area contributed by atoms with E-state index in [9.17, 15) is 4.79 Å². The van der Waals surface area contributed by atoms with Gasteiger partial charge in [0.2, 0.25) is 0 Å². The van der Waals surface area contributed by atoms with Crippen LogP contribution in [-0.2, 0) is 16.0 Å². The van der Waals surface area contributed by atoms with Gasteiger partial charge >= 0.3 is 0 Å². The number of rotatable bonds is 8. The second-order valence-corrected chi connectivity index (χ2v) is 8.51. The Morgan fingerprint density at radius 1 is 1.10 bits per heavy atom. The molecule has 0 bridgehead atoms. The van der Waals surface area contributed by atoms with Crippen LogP contribution in [0.3, 0.4) is 0 Å². The number of nitrogens with zero attached hydrogens (tertiary/aromatic N) is 1. The van der Waals surface area contributed by atoms with Crippen LogP contribution >= 0.6 is 11.6 Å². The number of anilines is 1. The van der Waals surface area contributed by atoms with Crippen molar-refractivity contribution >= 4 is 23.2 Å². The lowest BCUT2D eigenvalue weighted by Crippen LogP contribution is -2.51. The highest BCUT2D eigenvalue weighted by molar-refractivity contribution is 6.34. The Hall–Kier alpha value is -1.96. The Balaban J connectivity index is 1.33. The molecule has 31 heavy (non-hydrogen) atoms. The van der Waals surface area contributed by atoms with Crippen molar-refractivity contribution in [2.75, 3.05) is 51.4 Å². The maximum absolute atomic E-state index is 12.5. The van der Waals surface area contributed by atoms with E-state index in [1.54, 1.807) is 18.2 Å². The second kappa shape index (κ2) is 11.1. The van der Waals surface area contributed by atoms with Crippen LogP contribution in [-0.4, -0.2) is 62.9 Å². The highest BCUT2D eigenvalue weighted by atomic mass is 35.5. The molecule has 0 aromatic heterocycles. The summed E-state index contributed by atoms with van der Waals surface area (Å²) in [5.41, 5.74) is 2.36. The Morgan fingerprint density at radius 3 is 2.71 bits per heavy atom. The third kappa shape index (κ3) is 6.05. The normalized spacial score (nSPS) is 20.5. The Morgan fingerprint density at radius 2 is 1.94 bits per heavy atom. The molecule has 2 fully saturated rings. The van der Waals surface area contributed by atoms with Crippen LogP contribution < -0.4 is 10.6 Å². The number of halogens is 1. The number of ether oxygens (including phenoxy) is 2. The zero-order chi connectivity index (χ0) is 21.5. The van der Waals surface area contributed by atoms with Crippen LogP contribution in [0.1, 0.15) is 22.3 Å². The Labute approximate surface area is 188 Å². The topological polar surface area (TPSA) is 62.8 Å². The summed E-state index contributed by atoms with van der Waals surface area (Å²) in [6.07, 6.45) is 1.12. The number of hydrogen-bond donors (Lipinski definition) is 2. The second-order valence-electron chi connectivity index (χ2n) is 8.10. The molecule has 2 heterocycles. The summed E-state index contributed by atoms with van der Waals surface area (Å²) >= 11 is 6.14. The van der Waals surface area contributed by atoms with E-state index in [0.717, 1.165) is 70.3 Å². The number of morpholine rings is 1. The molecule has 2 aromatic carbocycles. The van der Waals surface area contributed by atoms with Crippen LogP contribution in [0, 0.1) is 5.92 Å². The van der Waals surface area contributed by atoms with Gasteiger partial charge in [-0.05, 0) is 36.2 Å². The highest BCUT2D eigenvalue weighted by Crippen LogP contribution is 2.22. The number of benzene rings is 2. The SMILES string of the molecule is O=C(Nc1cccc(CNC[C@@H]([C@@H]2CCOC2)N2CCOCC2)c1)c1ccccc1Cl. The maximum atomic E-state index is 12.5. The molecule has 2 saturated heterocycles. The van der Waals surface area contributed by atoms with Crippen LogP contribution in [0.2, 0.25) is 5.02 Å². The molecule has 0 spiro atoms. The molecule has 2 aliphatic rings. The standard InChI is InChI=1S/C24H30ClN3O3/c25-22-7-2-1-6-21(22)24(29)27-20-5-3-4-18(14-20)15-26-16-23(19-8-11-31-17-19)28-9-12-30-13-10-28/h1-7,14,19,23,26H,8-13,15-17H2,(H,27,29)/t19-,23+/m1/s1. The van der Waals surface area contributed by atoms with Crippen molar-refractivity contribution in [3.05, 3.63) is 64.7 Å². The zero-order valence-corrected chi connectivity index (χ0v) is 18.4. The van der Waals surface area contributed by atoms with E-state index in [0.29, 0.717) is 22.5 Å². The first kappa shape index (κ1) is 22.2. The van der Waals surface area contributed by atoms with Gasteiger partial charge in [-0.2, -0.15) is 0 Å². The fourth-order valence-corrected chi connectivity index (χ4v) is 4.55. The average molecular weight is 444 g/mol. The number of carbonyl (C=O) groups is 1. The minimum Gasteiger partial charge on any atom is -0.381 e. The van der Waals surface area contributed by atoms with Crippen molar-refractivity contribution < 1.29 is 14.3 Å². The van der Waals surface area contributed by atoms with Gasteiger partial charge in [0.15, 0.2) is 0 Å². The molecule has 2 aliphatic heterocycles. The molecule has 4 rings (SSSR count). The van der Waals surface area contributed by atoms with Gasteiger partial charge in [0.05, 0.1) is 30.4 Å². The quantitative estimate of drug-likeness (QED) is 0.654. The molecular weight excluding hydrogens is 414 g/mol. The molecule has 1 amide bonds. The number of hydrogen-bond acceptors (Lipinski definition) is 5. The molecule has 2 atom stereocenters. The van der Waals surface area contributed by atoms with Gasteiger partial charge < -0.3 is 20.1 Å². The van der Waals surface area contributed by atoms with Gasteiger partial charge in [0.25, 0.3) is 5.91 Å². The van der Waals surface area contributed by atoms with Crippen molar-refractivity contribution in [1.82, 2.24) is 10.2 Å². The van der Waals surface area contributed by atoms with Gasteiger partial charge in [0.1, 0.15) is 0 Å². The van der Waals surface area contributed by atoms with Crippen LogP contribution in [0.5, 0.6) is 0 Å². The summed E-state index contributed by atoms with van der Waals surface area (Å²) in [5.74, 6) is 0.358. The van der Waals surface area contributed by atoms with Gasteiger partial charge in [-0.25, -0.2) is 0 Å². The summed E-state index contributed by atoms with van der Waals surface area (Å²) in [7, 11) is 0. The predicted octanol–water partition coefficient (Wildman–Crippen LogP) is 3.42. The molecule has 2 N–H and O–H groups in total. The van der Waals surface area contributed by atoms with E-state index in [1.807, 2.05) is 24.3 Å². The summed E-state index contributed by atoms with van der Waals surface area (Å²) in [4.78, 5) is 15.1. The Kier molecular flexibility index (Phi) is 7.94. The van der Waals surface area contributed by atoms with Gasteiger partial charge in [-0.15, -0.1) is 0 Å². The lowest BCUT2D eigenvalue weighted by atomic mass is 9.96. The van der Waals surface area contributed by atoms with Gasteiger partial charge in [0, 0.05) is 50.4 Å². The van der Waals surface area contributed by atoms with Gasteiger partial charge in [-0.1, -0.05) is 35.9 Å². The average Bonchev–Trinajstić information content (AvgIpc) is 3.32. The van der Waals surface area contributed by atoms with Crippen molar-refractivity contribution in [3.63, 3.8) is 0 Å². The number of amides is 1. The minimum atomic E-state index is -0.204. The minimum absolute atomic E-state index is 0.204. The lowest BCUT2D eigenvalue weighted by molar-refractivity contribution is 0.00137. The first-order chi connectivity index (χ1) is 15.2. The summed E-state index contributed by atoms with van der Waals surface area (Å²) < 4.78 is 11.2. The maximum Gasteiger partial charge on any atom is 0.257 e. The molecule has 0 saturated carbocycles. The van der Waals surface area contributed by atoms with E-state index < -0.39 is 0 Å². The number of carbonyl (C=O) groups excluding carboxylic acids is 1. The van der Waals surface area contributed by atoms with Crippen molar-refractivity contribution in [1.29, 1.82) is 0 Å². The van der Waals surface area contributed by atoms with Crippen molar-refractivity contribution in [3.8, 4) is 0 Å². The smallest absolute Gasteiger partial charge is 0.257 e. The third-order valence-electron chi connectivity index (χ3n) is 6.01. The van der Waals surface area contributed by atoms with E-state index >= 15 is 0 Å².